The molecule has 0 N–H and O–H groups in total. The lowest BCUT2D eigenvalue weighted by molar-refractivity contribution is -0.137. The maximum Gasteiger partial charge on any atom is 0.339 e. The molecule has 5 nitrogen and oxygen atoms in total. The number of amides is 1. The van der Waals surface area contributed by atoms with Crippen LogP contribution in [-0.4, -0.2) is 43.6 Å². The largest absolute Gasteiger partial charge is 0.497 e. The van der Waals surface area contributed by atoms with E-state index in [0.29, 0.717) is 27.6 Å². The van der Waals surface area contributed by atoms with Gasteiger partial charge in [0.1, 0.15) is 5.75 Å². The highest BCUT2D eigenvalue weighted by Gasteiger charge is 2.26. The number of nitrogens with zero attached hydrogens (tertiary/aromatic N) is 1. The zero-order valence-corrected chi connectivity index (χ0v) is 15.3. The second-order valence-electron chi connectivity index (χ2n) is 6.17. The van der Waals surface area contributed by atoms with Crippen LogP contribution in [0.4, 0.5) is 0 Å². The number of rotatable bonds is 4. The first-order valence-corrected chi connectivity index (χ1v) is 8.48. The molecule has 1 fully saturated rings. The van der Waals surface area contributed by atoms with E-state index in [4.69, 9.17) is 9.47 Å². The number of ether oxygens (including phenoxy) is 2. The van der Waals surface area contributed by atoms with Crippen molar-refractivity contribution in [2.45, 2.75) is 20.3 Å². The summed E-state index contributed by atoms with van der Waals surface area (Å²) >= 11 is 3.31. The molecule has 1 aromatic rings. The van der Waals surface area contributed by atoms with Crippen LogP contribution in [0.1, 0.15) is 30.6 Å². The monoisotopic (exact) mass is 383 g/mol. The van der Waals surface area contributed by atoms with E-state index in [2.05, 4.69) is 29.8 Å². The predicted molar refractivity (Wildman–Crippen MR) is 90.5 cm³/mol. The highest BCUT2D eigenvalue weighted by atomic mass is 79.9. The normalized spacial score (nSPS) is 21.0. The molecule has 23 heavy (non-hydrogen) atoms. The number of esters is 1. The van der Waals surface area contributed by atoms with E-state index in [9.17, 15) is 9.59 Å². The molecule has 1 aromatic carbocycles. The Morgan fingerprint density at radius 2 is 1.91 bits per heavy atom. The van der Waals surface area contributed by atoms with Crippen molar-refractivity contribution in [3.05, 3.63) is 28.2 Å². The molecule has 0 aliphatic carbocycles. The zero-order chi connectivity index (χ0) is 17.0. The van der Waals surface area contributed by atoms with Gasteiger partial charge in [-0.25, -0.2) is 4.79 Å². The fourth-order valence-electron chi connectivity index (χ4n) is 2.95. The quantitative estimate of drug-likeness (QED) is 0.749. The summed E-state index contributed by atoms with van der Waals surface area (Å²) in [4.78, 5) is 26.2. The van der Waals surface area contributed by atoms with Crippen molar-refractivity contribution >= 4 is 27.8 Å². The van der Waals surface area contributed by atoms with Crippen LogP contribution in [0.3, 0.4) is 0 Å². The van der Waals surface area contributed by atoms with Crippen LogP contribution in [0.2, 0.25) is 0 Å². The number of likely N-dealkylation sites (tertiary alicyclic amines) is 1. The van der Waals surface area contributed by atoms with E-state index in [1.807, 2.05) is 0 Å². The Labute approximate surface area is 145 Å². The van der Waals surface area contributed by atoms with Gasteiger partial charge in [-0.3, -0.25) is 4.79 Å². The van der Waals surface area contributed by atoms with Gasteiger partial charge >= 0.3 is 5.97 Å². The number of carbonyl (C=O) groups is 2. The van der Waals surface area contributed by atoms with Gasteiger partial charge in [0.2, 0.25) is 0 Å². The van der Waals surface area contributed by atoms with Crippen molar-refractivity contribution in [1.29, 1.82) is 0 Å². The molecule has 1 heterocycles. The number of halogens is 1. The Morgan fingerprint density at radius 3 is 2.52 bits per heavy atom. The topological polar surface area (TPSA) is 55.8 Å². The van der Waals surface area contributed by atoms with Crippen molar-refractivity contribution in [2.24, 2.45) is 11.8 Å². The molecule has 2 unspecified atom stereocenters. The maximum atomic E-state index is 12.2. The van der Waals surface area contributed by atoms with Crippen molar-refractivity contribution in [3.8, 4) is 5.75 Å². The number of benzene rings is 1. The van der Waals surface area contributed by atoms with Gasteiger partial charge in [0.05, 0.1) is 12.7 Å². The van der Waals surface area contributed by atoms with Crippen molar-refractivity contribution in [1.82, 2.24) is 4.90 Å². The van der Waals surface area contributed by atoms with Crippen LogP contribution >= 0.6 is 15.9 Å². The van der Waals surface area contributed by atoms with Gasteiger partial charge in [-0.05, 0) is 52.4 Å². The summed E-state index contributed by atoms with van der Waals surface area (Å²) in [5.74, 6) is 0.833. The summed E-state index contributed by atoms with van der Waals surface area (Å²) in [6.45, 7) is 5.49. The number of hydrogen-bond acceptors (Lipinski definition) is 4. The third kappa shape index (κ3) is 4.70. The minimum atomic E-state index is -0.540. The van der Waals surface area contributed by atoms with Crippen molar-refractivity contribution in [2.75, 3.05) is 26.8 Å². The van der Waals surface area contributed by atoms with E-state index in [1.165, 1.54) is 7.11 Å². The van der Waals surface area contributed by atoms with E-state index >= 15 is 0 Å². The molecule has 1 aliphatic heterocycles. The summed E-state index contributed by atoms with van der Waals surface area (Å²) < 4.78 is 10.9. The van der Waals surface area contributed by atoms with E-state index in [1.54, 1.807) is 23.1 Å². The molecule has 126 valence electrons. The lowest BCUT2D eigenvalue weighted by atomic mass is 9.92. The Balaban J connectivity index is 1.95. The SMILES string of the molecule is COc1ccc(Br)c(C(=O)OCC(=O)N2CC(C)CC(C)C2)c1. The molecule has 0 bridgehead atoms. The summed E-state index contributed by atoms with van der Waals surface area (Å²) in [6.07, 6.45) is 1.13. The average molecular weight is 384 g/mol. The fraction of sp³-hybridized carbons (Fsp3) is 0.529. The van der Waals surface area contributed by atoms with Gasteiger partial charge in [0.15, 0.2) is 6.61 Å². The molecular formula is C17H22BrNO4. The Kier molecular flexibility index (Phi) is 6.04. The fourth-order valence-corrected chi connectivity index (χ4v) is 3.36. The van der Waals surface area contributed by atoms with E-state index < -0.39 is 5.97 Å². The number of methoxy groups -OCH3 is 1. The molecule has 2 rings (SSSR count). The smallest absolute Gasteiger partial charge is 0.339 e. The summed E-state index contributed by atoms with van der Waals surface area (Å²) in [6, 6.07) is 5.04. The standard InChI is InChI=1S/C17H22BrNO4/c1-11-6-12(2)9-19(8-11)16(20)10-23-17(21)14-7-13(22-3)4-5-15(14)18/h4-5,7,11-12H,6,8-10H2,1-3H3. The Morgan fingerprint density at radius 1 is 1.26 bits per heavy atom. The first-order valence-electron chi connectivity index (χ1n) is 7.69. The highest BCUT2D eigenvalue weighted by molar-refractivity contribution is 9.10. The van der Waals surface area contributed by atoms with Crippen LogP contribution in [0.25, 0.3) is 0 Å². The maximum absolute atomic E-state index is 12.2. The first kappa shape index (κ1) is 17.8. The molecule has 6 heteroatoms. The molecule has 2 atom stereocenters. The summed E-state index contributed by atoms with van der Waals surface area (Å²) in [7, 11) is 1.53. The second-order valence-corrected chi connectivity index (χ2v) is 7.02. The Hall–Kier alpha value is -1.56. The molecule has 1 aliphatic rings. The highest BCUT2D eigenvalue weighted by Crippen LogP contribution is 2.24. The van der Waals surface area contributed by atoms with Gasteiger partial charge in [-0.1, -0.05) is 13.8 Å². The molecule has 1 saturated heterocycles. The lowest BCUT2D eigenvalue weighted by Crippen LogP contribution is -2.44. The van der Waals surface area contributed by atoms with Crippen LogP contribution in [0.15, 0.2) is 22.7 Å². The van der Waals surface area contributed by atoms with E-state index in [0.717, 1.165) is 19.5 Å². The lowest BCUT2D eigenvalue weighted by Gasteiger charge is -2.34. The first-order chi connectivity index (χ1) is 10.9. The van der Waals surface area contributed by atoms with Gasteiger partial charge in [-0.2, -0.15) is 0 Å². The predicted octanol–water partition coefficient (Wildman–Crippen LogP) is 3.12. The van der Waals surface area contributed by atoms with Crippen molar-refractivity contribution in [3.63, 3.8) is 0 Å². The molecule has 1 amide bonds. The Bertz CT molecular complexity index is 580. The second kappa shape index (κ2) is 7.81. The summed E-state index contributed by atoms with van der Waals surface area (Å²) in [5.41, 5.74) is 0.345. The van der Waals surface area contributed by atoms with Crippen LogP contribution in [0.5, 0.6) is 5.75 Å². The van der Waals surface area contributed by atoms with Gasteiger partial charge in [0.25, 0.3) is 5.91 Å². The minimum Gasteiger partial charge on any atom is -0.497 e. The third-order valence-electron chi connectivity index (χ3n) is 3.94. The number of piperidine rings is 1. The molecular weight excluding hydrogens is 362 g/mol. The zero-order valence-electron chi connectivity index (χ0n) is 13.7. The van der Waals surface area contributed by atoms with Crippen molar-refractivity contribution < 1.29 is 19.1 Å². The van der Waals surface area contributed by atoms with Crippen LogP contribution in [0, 0.1) is 11.8 Å². The average Bonchev–Trinajstić information content (AvgIpc) is 2.51. The van der Waals surface area contributed by atoms with Crippen LogP contribution < -0.4 is 4.74 Å². The van der Waals surface area contributed by atoms with Gasteiger partial charge in [-0.15, -0.1) is 0 Å². The molecule has 0 aromatic heterocycles. The summed E-state index contributed by atoms with van der Waals surface area (Å²) in [5, 5.41) is 0. The number of hydrogen-bond donors (Lipinski definition) is 0. The number of carbonyl (C=O) groups excluding carboxylic acids is 2. The molecule has 0 radical (unpaired) electrons. The minimum absolute atomic E-state index is 0.143. The third-order valence-corrected chi connectivity index (χ3v) is 4.63. The van der Waals surface area contributed by atoms with Crippen LogP contribution in [-0.2, 0) is 9.53 Å². The molecule has 0 saturated carbocycles. The van der Waals surface area contributed by atoms with Gasteiger partial charge < -0.3 is 14.4 Å². The van der Waals surface area contributed by atoms with Gasteiger partial charge in [0, 0.05) is 17.6 Å². The van der Waals surface area contributed by atoms with E-state index in [-0.39, 0.29) is 12.5 Å². The molecule has 0 spiro atoms.